The van der Waals surface area contributed by atoms with Crippen molar-refractivity contribution in [3.8, 4) is 17.2 Å². The summed E-state index contributed by atoms with van der Waals surface area (Å²) in [4.78, 5) is 12.5. The molecule has 0 heterocycles. The second-order valence-corrected chi connectivity index (χ2v) is 9.07. The van der Waals surface area contributed by atoms with Crippen LogP contribution in [0.2, 0.25) is 0 Å². The van der Waals surface area contributed by atoms with Crippen LogP contribution in [0.1, 0.15) is 63.2 Å². The highest BCUT2D eigenvalue weighted by atomic mass is 16.5. The van der Waals surface area contributed by atoms with Crippen molar-refractivity contribution in [1.82, 2.24) is 0 Å². The van der Waals surface area contributed by atoms with E-state index in [-0.39, 0.29) is 0 Å². The molecule has 0 unspecified atom stereocenters. The smallest absolute Gasteiger partial charge is 0.343 e. The van der Waals surface area contributed by atoms with Gasteiger partial charge in [-0.1, -0.05) is 46.5 Å². The number of carbonyl (C=O) groups is 1. The van der Waals surface area contributed by atoms with Crippen molar-refractivity contribution < 1.29 is 19.0 Å². The highest BCUT2D eigenvalue weighted by Gasteiger charge is 2.09. The van der Waals surface area contributed by atoms with Gasteiger partial charge < -0.3 is 14.2 Å². The van der Waals surface area contributed by atoms with E-state index in [0.717, 1.165) is 23.6 Å². The third-order valence-corrected chi connectivity index (χ3v) is 5.35. The summed E-state index contributed by atoms with van der Waals surface area (Å²) in [5.41, 5.74) is 1.85. The number of nitrogens with zero attached hydrogens (tertiary/aromatic N) is 2. The van der Waals surface area contributed by atoms with Gasteiger partial charge in [-0.05, 0) is 85.1 Å². The number of azo groups is 1. The minimum absolute atomic E-state index is 0.421. The SMILES string of the molecule is CCCCCCCOc1ccc(C(=O)Oc2ccc(N=Nc3ccc(OCC(C)C)cc3)cc2)cc1. The van der Waals surface area contributed by atoms with Crippen molar-refractivity contribution in [3.05, 3.63) is 78.4 Å². The molecule has 190 valence electrons. The number of ether oxygens (including phenoxy) is 3. The molecule has 36 heavy (non-hydrogen) atoms. The van der Waals surface area contributed by atoms with Crippen LogP contribution in [0, 0.1) is 5.92 Å². The summed E-state index contributed by atoms with van der Waals surface area (Å²) in [7, 11) is 0. The zero-order chi connectivity index (χ0) is 25.6. The number of unbranched alkanes of at least 4 members (excludes halogenated alkanes) is 4. The van der Waals surface area contributed by atoms with E-state index in [4.69, 9.17) is 14.2 Å². The van der Waals surface area contributed by atoms with Gasteiger partial charge in [0.2, 0.25) is 0 Å². The van der Waals surface area contributed by atoms with Gasteiger partial charge in [0.1, 0.15) is 17.2 Å². The van der Waals surface area contributed by atoms with Crippen LogP contribution in [0.5, 0.6) is 17.2 Å². The molecule has 0 aliphatic carbocycles. The molecule has 0 bridgehead atoms. The highest BCUT2D eigenvalue weighted by Crippen LogP contribution is 2.24. The Kier molecular flexibility index (Phi) is 11.0. The second kappa shape index (κ2) is 14.7. The van der Waals surface area contributed by atoms with Gasteiger partial charge in [-0.3, -0.25) is 0 Å². The normalized spacial score (nSPS) is 11.1. The fourth-order valence-corrected chi connectivity index (χ4v) is 3.32. The fourth-order valence-electron chi connectivity index (χ4n) is 3.32. The van der Waals surface area contributed by atoms with Gasteiger partial charge in [0.25, 0.3) is 0 Å². The van der Waals surface area contributed by atoms with E-state index in [2.05, 4.69) is 31.0 Å². The summed E-state index contributed by atoms with van der Waals surface area (Å²) in [5.74, 6) is 2.07. The molecule has 0 aromatic heterocycles. The van der Waals surface area contributed by atoms with E-state index in [9.17, 15) is 4.79 Å². The predicted molar refractivity (Wildman–Crippen MR) is 143 cm³/mol. The van der Waals surface area contributed by atoms with Gasteiger partial charge in [0.15, 0.2) is 0 Å². The molecule has 3 rings (SSSR count). The molecule has 0 radical (unpaired) electrons. The lowest BCUT2D eigenvalue weighted by atomic mass is 10.2. The minimum atomic E-state index is -0.421. The van der Waals surface area contributed by atoms with Gasteiger partial charge in [-0.2, -0.15) is 10.2 Å². The number of esters is 1. The summed E-state index contributed by atoms with van der Waals surface area (Å²) in [6.45, 7) is 7.79. The molecule has 3 aromatic rings. The van der Waals surface area contributed by atoms with Gasteiger partial charge in [0.05, 0.1) is 30.2 Å². The van der Waals surface area contributed by atoms with E-state index in [1.165, 1.54) is 25.7 Å². The molecule has 3 aromatic carbocycles. The average Bonchev–Trinajstić information content (AvgIpc) is 2.90. The van der Waals surface area contributed by atoms with E-state index in [1.54, 1.807) is 48.5 Å². The number of benzene rings is 3. The van der Waals surface area contributed by atoms with Gasteiger partial charge in [-0.15, -0.1) is 0 Å². The molecule has 6 nitrogen and oxygen atoms in total. The Balaban J connectivity index is 1.45. The first kappa shape index (κ1) is 26.9. The maximum atomic E-state index is 12.5. The zero-order valence-corrected chi connectivity index (χ0v) is 21.5. The minimum Gasteiger partial charge on any atom is -0.494 e. The average molecular weight is 489 g/mol. The summed E-state index contributed by atoms with van der Waals surface area (Å²) in [5, 5.41) is 8.49. The van der Waals surface area contributed by atoms with E-state index < -0.39 is 5.97 Å². The van der Waals surface area contributed by atoms with Crippen molar-refractivity contribution in [2.45, 2.75) is 52.9 Å². The maximum Gasteiger partial charge on any atom is 0.343 e. The van der Waals surface area contributed by atoms with E-state index in [1.807, 2.05) is 24.3 Å². The summed E-state index contributed by atoms with van der Waals surface area (Å²) in [6, 6.07) is 21.4. The van der Waals surface area contributed by atoms with Crippen molar-refractivity contribution >= 4 is 17.3 Å². The largest absolute Gasteiger partial charge is 0.494 e. The first-order valence-corrected chi connectivity index (χ1v) is 12.7. The summed E-state index contributed by atoms with van der Waals surface area (Å²) in [6.07, 6.45) is 5.97. The molecular formula is C30H36N2O4. The number of rotatable bonds is 14. The Morgan fingerprint density at radius 2 is 1.22 bits per heavy atom. The molecule has 0 aliphatic heterocycles. The molecule has 0 saturated carbocycles. The van der Waals surface area contributed by atoms with Crippen LogP contribution >= 0.6 is 0 Å². The third kappa shape index (κ3) is 9.53. The number of hydrogen-bond donors (Lipinski definition) is 0. The van der Waals surface area contributed by atoms with Crippen LogP contribution < -0.4 is 14.2 Å². The summed E-state index contributed by atoms with van der Waals surface area (Å²) < 4.78 is 16.9. The van der Waals surface area contributed by atoms with Crippen LogP contribution in [-0.4, -0.2) is 19.2 Å². The lowest BCUT2D eigenvalue weighted by Crippen LogP contribution is -2.08. The molecule has 0 N–H and O–H groups in total. The van der Waals surface area contributed by atoms with Crippen LogP contribution in [0.25, 0.3) is 0 Å². The Labute approximate surface area is 214 Å². The fraction of sp³-hybridized carbons (Fsp3) is 0.367. The quantitative estimate of drug-likeness (QED) is 0.0984. The highest BCUT2D eigenvalue weighted by molar-refractivity contribution is 5.91. The molecule has 0 atom stereocenters. The monoisotopic (exact) mass is 488 g/mol. The first-order chi connectivity index (χ1) is 17.5. The van der Waals surface area contributed by atoms with Crippen LogP contribution in [0.15, 0.2) is 83.0 Å². The number of carbonyl (C=O) groups excluding carboxylic acids is 1. The van der Waals surface area contributed by atoms with Gasteiger partial charge in [0, 0.05) is 0 Å². The molecule has 0 fully saturated rings. The van der Waals surface area contributed by atoms with Crippen molar-refractivity contribution in [3.63, 3.8) is 0 Å². The number of hydrogen-bond acceptors (Lipinski definition) is 6. The lowest BCUT2D eigenvalue weighted by Gasteiger charge is -2.08. The third-order valence-electron chi connectivity index (χ3n) is 5.35. The van der Waals surface area contributed by atoms with Crippen molar-refractivity contribution in [2.75, 3.05) is 13.2 Å². The van der Waals surface area contributed by atoms with Crippen LogP contribution in [0.4, 0.5) is 11.4 Å². The molecular weight excluding hydrogens is 452 g/mol. The lowest BCUT2D eigenvalue weighted by molar-refractivity contribution is 0.0734. The van der Waals surface area contributed by atoms with Gasteiger partial charge >= 0.3 is 5.97 Å². The van der Waals surface area contributed by atoms with E-state index in [0.29, 0.717) is 36.1 Å². The predicted octanol–water partition coefficient (Wildman–Crippen LogP) is 8.71. The topological polar surface area (TPSA) is 69.5 Å². The zero-order valence-electron chi connectivity index (χ0n) is 21.5. The molecule has 0 saturated heterocycles. The second-order valence-electron chi connectivity index (χ2n) is 9.07. The molecule has 6 heteroatoms. The van der Waals surface area contributed by atoms with Gasteiger partial charge in [-0.25, -0.2) is 4.79 Å². The summed E-state index contributed by atoms with van der Waals surface area (Å²) >= 11 is 0. The Hall–Kier alpha value is -3.67. The molecule has 0 amide bonds. The van der Waals surface area contributed by atoms with E-state index >= 15 is 0 Å². The van der Waals surface area contributed by atoms with Crippen molar-refractivity contribution in [2.24, 2.45) is 16.1 Å². The van der Waals surface area contributed by atoms with Crippen LogP contribution in [0.3, 0.4) is 0 Å². The Bertz CT molecular complexity index is 1080. The standard InChI is InChI=1S/C30H36N2O4/c1-4-5-6-7-8-21-34-27-15-9-24(10-16-27)30(33)36-29-19-13-26(14-20-29)32-31-25-11-17-28(18-12-25)35-22-23(2)3/h9-20,23H,4-8,21-22H2,1-3H3. The Morgan fingerprint density at radius 3 is 1.81 bits per heavy atom. The Morgan fingerprint density at radius 1 is 0.694 bits per heavy atom. The van der Waals surface area contributed by atoms with Crippen molar-refractivity contribution in [1.29, 1.82) is 0 Å². The maximum absolute atomic E-state index is 12.5. The van der Waals surface area contributed by atoms with Crippen LogP contribution in [-0.2, 0) is 0 Å². The molecule has 0 spiro atoms. The first-order valence-electron chi connectivity index (χ1n) is 12.7. The molecule has 0 aliphatic rings.